The Balaban J connectivity index is 1.13. The summed E-state index contributed by atoms with van der Waals surface area (Å²) in [5, 5.41) is 6.21. The molecule has 37 heavy (non-hydrogen) atoms. The van der Waals surface area contributed by atoms with Crippen LogP contribution in [0.15, 0.2) is 83.9 Å². The third-order valence-corrected chi connectivity index (χ3v) is 8.78. The maximum Gasteiger partial charge on any atom is 0.253 e. The minimum absolute atomic E-state index is 0.0508. The summed E-state index contributed by atoms with van der Waals surface area (Å²) >= 11 is 14.0. The van der Waals surface area contributed by atoms with Crippen molar-refractivity contribution < 1.29 is 4.79 Å². The smallest absolute Gasteiger partial charge is 0.253 e. The number of hydrogen-bond acceptors (Lipinski definition) is 3. The summed E-state index contributed by atoms with van der Waals surface area (Å²) in [5.41, 5.74) is 2.86. The van der Waals surface area contributed by atoms with Crippen LogP contribution in [0.1, 0.15) is 35.2 Å². The molecule has 4 nitrogen and oxygen atoms in total. The lowest BCUT2D eigenvalue weighted by molar-refractivity contribution is 0.0952. The van der Waals surface area contributed by atoms with Crippen LogP contribution in [0.5, 0.6) is 0 Å². The van der Waals surface area contributed by atoms with Crippen LogP contribution in [0.3, 0.4) is 0 Å². The number of fused-ring (bicyclic) bond motifs is 1. The zero-order chi connectivity index (χ0) is 25.6. The van der Waals surface area contributed by atoms with Gasteiger partial charge in [0.2, 0.25) is 0 Å². The summed E-state index contributed by atoms with van der Waals surface area (Å²) in [5.74, 6) is -0.0508. The number of benzene rings is 3. The number of hydrogen-bond donors (Lipinski definition) is 1. The zero-order valence-corrected chi connectivity index (χ0v) is 23.0. The van der Waals surface area contributed by atoms with Crippen LogP contribution >= 0.6 is 35.0 Å². The molecule has 5 rings (SSSR count). The van der Waals surface area contributed by atoms with Gasteiger partial charge >= 0.3 is 0 Å². The van der Waals surface area contributed by atoms with Crippen LogP contribution in [0, 0.1) is 0 Å². The first kappa shape index (κ1) is 26.2. The first-order chi connectivity index (χ1) is 18.0. The second-order valence-electron chi connectivity index (χ2n) is 9.53. The van der Waals surface area contributed by atoms with E-state index in [1.54, 1.807) is 0 Å². The van der Waals surface area contributed by atoms with Crippen molar-refractivity contribution in [1.82, 2.24) is 14.8 Å². The Kier molecular flexibility index (Phi) is 8.78. The standard InChI is InChI=1S/C30H31Cl2N3OS/c31-23-8-6-22(7-9-23)20-33-30(36)28-21-35(29-5-2-1-4-27(28)29)17-3-16-34-18-14-26(15-19-34)37-25-12-10-24(32)11-13-25/h1-2,4-13,21,26H,3,14-20H2,(H,33,36). The van der Waals surface area contributed by atoms with Gasteiger partial charge in [0.05, 0.1) is 5.56 Å². The highest BCUT2D eigenvalue weighted by Gasteiger charge is 2.20. The van der Waals surface area contributed by atoms with Gasteiger partial charge in [-0.15, -0.1) is 11.8 Å². The number of aromatic nitrogens is 1. The number of nitrogens with zero attached hydrogens (tertiary/aromatic N) is 2. The lowest BCUT2D eigenvalue weighted by Crippen LogP contribution is -2.35. The third-order valence-electron chi connectivity index (χ3n) is 6.92. The van der Waals surface area contributed by atoms with E-state index < -0.39 is 0 Å². The normalized spacial score (nSPS) is 14.8. The summed E-state index contributed by atoms with van der Waals surface area (Å²) in [7, 11) is 0. The Morgan fingerprint density at radius 3 is 2.30 bits per heavy atom. The molecule has 1 N–H and O–H groups in total. The Labute approximate surface area is 232 Å². The quantitative estimate of drug-likeness (QED) is 0.233. The molecule has 7 heteroatoms. The Bertz CT molecular complexity index is 1330. The molecular formula is C30H31Cl2N3OS. The van der Waals surface area contributed by atoms with Gasteiger partial charge in [0.25, 0.3) is 5.91 Å². The molecule has 0 aliphatic carbocycles. The zero-order valence-electron chi connectivity index (χ0n) is 20.7. The van der Waals surface area contributed by atoms with Crippen molar-refractivity contribution in [2.75, 3.05) is 19.6 Å². The number of para-hydroxylation sites is 1. The van der Waals surface area contributed by atoms with Crippen molar-refractivity contribution in [3.8, 4) is 0 Å². The molecule has 1 aliphatic rings. The van der Waals surface area contributed by atoms with Gasteiger partial charge in [0.1, 0.15) is 0 Å². The topological polar surface area (TPSA) is 37.3 Å². The third kappa shape index (κ3) is 6.91. The van der Waals surface area contributed by atoms with Crippen molar-refractivity contribution in [3.63, 3.8) is 0 Å². The summed E-state index contributed by atoms with van der Waals surface area (Å²) in [6.07, 6.45) is 5.48. The van der Waals surface area contributed by atoms with Crippen LogP contribution in [0.25, 0.3) is 10.9 Å². The lowest BCUT2D eigenvalue weighted by atomic mass is 10.1. The average Bonchev–Trinajstić information content (AvgIpc) is 3.29. The SMILES string of the molecule is O=C(NCc1ccc(Cl)cc1)c1cn(CCCN2CCC(Sc3ccc(Cl)cc3)CC2)c2ccccc12. The van der Waals surface area contributed by atoms with E-state index in [2.05, 4.69) is 33.0 Å². The molecule has 4 aromatic rings. The molecule has 1 aliphatic heterocycles. The summed E-state index contributed by atoms with van der Waals surface area (Å²) in [6, 6.07) is 23.9. The van der Waals surface area contributed by atoms with Crippen LogP contribution in [-0.4, -0.2) is 40.3 Å². The molecule has 1 aromatic heterocycles. The van der Waals surface area contributed by atoms with Gasteiger partial charge in [-0.2, -0.15) is 0 Å². The number of nitrogens with one attached hydrogen (secondary N) is 1. The van der Waals surface area contributed by atoms with E-state index >= 15 is 0 Å². The molecule has 1 amide bonds. The molecular weight excluding hydrogens is 521 g/mol. The molecule has 3 aromatic carbocycles. The largest absolute Gasteiger partial charge is 0.348 e. The number of halogens is 2. The van der Waals surface area contributed by atoms with E-state index in [0.29, 0.717) is 16.8 Å². The molecule has 0 atom stereocenters. The first-order valence-electron chi connectivity index (χ1n) is 12.8. The first-order valence-corrected chi connectivity index (χ1v) is 14.4. The molecule has 0 radical (unpaired) electrons. The van der Waals surface area contributed by atoms with Crippen molar-refractivity contribution in [2.45, 2.75) is 42.5 Å². The number of carbonyl (C=O) groups excluding carboxylic acids is 1. The van der Waals surface area contributed by atoms with Crippen molar-refractivity contribution >= 4 is 51.8 Å². The number of rotatable bonds is 9. The van der Waals surface area contributed by atoms with Gasteiger partial charge in [-0.3, -0.25) is 4.79 Å². The predicted octanol–water partition coefficient (Wildman–Crippen LogP) is 7.52. The fraction of sp³-hybridized carbons (Fsp3) is 0.300. The highest BCUT2D eigenvalue weighted by Crippen LogP contribution is 2.31. The molecule has 2 heterocycles. The van der Waals surface area contributed by atoms with E-state index in [1.165, 1.54) is 17.7 Å². The molecule has 1 fully saturated rings. The van der Waals surface area contributed by atoms with Crippen molar-refractivity contribution in [2.24, 2.45) is 0 Å². The van der Waals surface area contributed by atoms with E-state index in [0.717, 1.165) is 59.7 Å². The van der Waals surface area contributed by atoms with Crippen LogP contribution in [0.4, 0.5) is 0 Å². The minimum Gasteiger partial charge on any atom is -0.348 e. The predicted molar refractivity (Wildman–Crippen MR) is 156 cm³/mol. The monoisotopic (exact) mass is 551 g/mol. The van der Waals surface area contributed by atoms with Crippen molar-refractivity contribution in [1.29, 1.82) is 0 Å². The van der Waals surface area contributed by atoms with Gasteiger partial charge in [0, 0.05) is 50.4 Å². The van der Waals surface area contributed by atoms with Crippen LogP contribution in [-0.2, 0) is 13.1 Å². The second-order valence-corrected chi connectivity index (χ2v) is 11.8. The van der Waals surface area contributed by atoms with Crippen molar-refractivity contribution in [3.05, 3.63) is 100 Å². The van der Waals surface area contributed by atoms with Gasteiger partial charge in [-0.25, -0.2) is 0 Å². The number of thioether (sulfide) groups is 1. The van der Waals surface area contributed by atoms with Crippen LogP contribution < -0.4 is 5.32 Å². The number of carbonyl (C=O) groups is 1. The fourth-order valence-corrected chi connectivity index (χ4v) is 6.29. The number of piperidine rings is 1. The summed E-state index contributed by atoms with van der Waals surface area (Å²) in [4.78, 5) is 16.9. The van der Waals surface area contributed by atoms with E-state index in [1.807, 2.05) is 72.6 Å². The molecule has 0 saturated carbocycles. The Hall–Kier alpha value is -2.44. The Morgan fingerprint density at radius 2 is 1.57 bits per heavy atom. The number of amides is 1. The van der Waals surface area contributed by atoms with Gasteiger partial charge in [-0.1, -0.05) is 53.5 Å². The average molecular weight is 553 g/mol. The molecule has 0 spiro atoms. The highest BCUT2D eigenvalue weighted by atomic mass is 35.5. The molecule has 192 valence electrons. The Morgan fingerprint density at radius 1 is 0.892 bits per heavy atom. The summed E-state index contributed by atoms with van der Waals surface area (Å²) in [6.45, 7) is 4.71. The van der Waals surface area contributed by atoms with E-state index in [4.69, 9.17) is 23.2 Å². The lowest BCUT2D eigenvalue weighted by Gasteiger charge is -2.31. The number of aryl methyl sites for hydroxylation is 1. The van der Waals surface area contributed by atoms with Crippen LogP contribution in [0.2, 0.25) is 10.0 Å². The van der Waals surface area contributed by atoms with E-state index in [9.17, 15) is 4.79 Å². The molecule has 1 saturated heterocycles. The number of likely N-dealkylation sites (tertiary alicyclic amines) is 1. The highest BCUT2D eigenvalue weighted by molar-refractivity contribution is 8.00. The maximum atomic E-state index is 13.0. The summed E-state index contributed by atoms with van der Waals surface area (Å²) < 4.78 is 2.23. The molecule has 0 bridgehead atoms. The molecule has 0 unspecified atom stereocenters. The second kappa shape index (κ2) is 12.4. The van der Waals surface area contributed by atoms with Gasteiger partial charge in [0.15, 0.2) is 0 Å². The van der Waals surface area contributed by atoms with Gasteiger partial charge < -0.3 is 14.8 Å². The van der Waals surface area contributed by atoms with E-state index in [-0.39, 0.29) is 5.91 Å². The maximum absolute atomic E-state index is 13.0. The minimum atomic E-state index is -0.0508. The van der Waals surface area contributed by atoms with Gasteiger partial charge in [-0.05, 0) is 86.9 Å². The fourth-order valence-electron chi connectivity index (χ4n) is 4.91.